The summed E-state index contributed by atoms with van der Waals surface area (Å²) in [4.78, 5) is 18.9. The first-order valence-electron chi connectivity index (χ1n) is 11.6. The summed E-state index contributed by atoms with van der Waals surface area (Å²) in [5.74, 6) is -7.43. The molecular formula is C24H26BrF4N3O2. The molecule has 2 aromatic rings. The van der Waals surface area contributed by atoms with Crippen LogP contribution in [0.5, 0.6) is 0 Å². The van der Waals surface area contributed by atoms with Gasteiger partial charge in [-0.1, -0.05) is 27.2 Å². The Morgan fingerprint density at radius 1 is 1.21 bits per heavy atom. The predicted molar refractivity (Wildman–Crippen MR) is 120 cm³/mol. The number of benzene rings is 1. The van der Waals surface area contributed by atoms with Crippen LogP contribution in [0.15, 0.2) is 33.3 Å². The van der Waals surface area contributed by atoms with Crippen LogP contribution in [0.25, 0.3) is 0 Å². The average Bonchev–Trinajstić information content (AvgIpc) is 3.16. The Labute approximate surface area is 203 Å². The molecule has 1 aromatic carbocycles. The molecule has 1 amide bonds. The fourth-order valence-electron chi connectivity index (χ4n) is 5.57. The SMILES string of the molecule is CC(F)(F)c1nc(C23CCC(CN(C(=O)CC4CC4(F)F)c4cccc(Br)c4)(CC2)CC3)no1. The molecule has 10 heteroatoms. The minimum absolute atomic E-state index is 0.160. The Morgan fingerprint density at radius 3 is 2.38 bits per heavy atom. The number of fused-ring (bicyclic) bond motifs is 3. The second kappa shape index (κ2) is 8.03. The van der Waals surface area contributed by atoms with Gasteiger partial charge in [0, 0.05) is 47.8 Å². The number of nitrogens with zero attached hydrogens (tertiary/aromatic N) is 3. The fraction of sp³-hybridized carbons (Fsp3) is 0.625. The number of hydrogen-bond acceptors (Lipinski definition) is 4. The molecule has 4 saturated carbocycles. The third-order valence-electron chi connectivity index (χ3n) is 7.97. The number of rotatable bonds is 7. The normalized spacial score (nSPS) is 29.8. The summed E-state index contributed by atoms with van der Waals surface area (Å²) in [6.45, 7) is 1.18. The average molecular weight is 544 g/mol. The highest BCUT2D eigenvalue weighted by atomic mass is 79.9. The molecular weight excluding hydrogens is 518 g/mol. The molecule has 0 spiro atoms. The largest absolute Gasteiger partial charge is 0.333 e. The van der Waals surface area contributed by atoms with E-state index in [9.17, 15) is 22.4 Å². The number of halogens is 5. The molecule has 4 fully saturated rings. The van der Waals surface area contributed by atoms with Crippen LogP contribution in [0.3, 0.4) is 0 Å². The van der Waals surface area contributed by atoms with Crippen molar-refractivity contribution in [2.45, 2.75) is 75.6 Å². The zero-order valence-corrected chi connectivity index (χ0v) is 20.4. The summed E-state index contributed by atoms with van der Waals surface area (Å²) in [6.07, 6.45) is 4.05. The molecule has 2 bridgehead atoms. The van der Waals surface area contributed by atoms with Crippen molar-refractivity contribution in [1.29, 1.82) is 0 Å². The van der Waals surface area contributed by atoms with Gasteiger partial charge in [-0.25, -0.2) is 8.78 Å². The molecule has 1 unspecified atom stereocenters. The van der Waals surface area contributed by atoms with Gasteiger partial charge in [0.1, 0.15) is 0 Å². The summed E-state index contributed by atoms with van der Waals surface area (Å²) in [5, 5.41) is 3.89. The fourth-order valence-corrected chi connectivity index (χ4v) is 5.96. The lowest BCUT2D eigenvalue weighted by Gasteiger charge is -2.53. The van der Waals surface area contributed by atoms with Crippen molar-refractivity contribution >= 4 is 27.5 Å². The van der Waals surface area contributed by atoms with E-state index in [0.29, 0.717) is 37.3 Å². The summed E-state index contributed by atoms with van der Waals surface area (Å²) in [6, 6.07) is 7.34. The minimum Gasteiger partial charge on any atom is -0.333 e. The van der Waals surface area contributed by atoms with Crippen molar-refractivity contribution in [1.82, 2.24) is 10.1 Å². The van der Waals surface area contributed by atoms with Gasteiger partial charge < -0.3 is 9.42 Å². The van der Waals surface area contributed by atoms with E-state index >= 15 is 0 Å². The molecule has 4 aliphatic rings. The first-order chi connectivity index (χ1) is 15.9. The number of carbonyl (C=O) groups is 1. The van der Waals surface area contributed by atoms with E-state index in [4.69, 9.17) is 4.52 Å². The summed E-state index contributed by atoms with van der Waals surface area (Å²) >= 11 is 3.44. The van der Waals surface area contributed by atoms with Crippen molar-refractivity contribution in [3.05, 3.63) is 40.5 Å². The monoisotopic (exact) mass is 543 g/mol. The van der Waals surface area contributed by atoms with Crippen LogP contribution >= 0.6 is 15.9 Å². The van der Waals surface area contributed by atoms with Crippen LogP contribution in [0.4, 0.5) is 23.2 Å². The van der Waals surface area contributed by atoms with Crippen molar-refractivity contribution in [2.75, 3.05) is 11.4 Å². The molecule has 5 nitrogen and oxygen atoms in total. The van der Waals surface area contributed by atoms with Gasteiger partial charge >= 0.3 is 5.92 Å². The highest BCUT2D eigenvalue weighted by Crippen LogP contribution is 2.58. The molecule has 0 radical (unpaired) electrons. The molecule has 0 saturated heterocycles. The molecule has 184 valence electrons. The summed E-state index contributed by atoms with van der Waals surface area (Å²) < 4.78 is 59.9. The van der Waals surface area contributed by atoms with E-state index in [0.717, 1.165) is 30.7 Å². The Balaban J connectivity index is 1.34. The van der Waals surface area contributed by atoms with Gasteiger partial charge in [-0.2, -0.15) is 13.8 Å². The Bertz CT molecular complexity index is 1080. The van der Waals surface area contributed by atoms with Crippen molar-refractivity contribution in [2.24, 2.45) is 11.3 Å². The second-order valence-electron chi connectivity index (χ2n) is 10.4. The van der Waals surface area contributed by atoms with Gasteiger partial charge in [0.25, 0.3) is 11.8 Å². The molecule has 4 aliphatic carbocycles. The lowest BCUT2D eigenvalue weighted by atomic mass is 9.53. The van der Waals surface area contributed by atoms with E-state index < -0.39 is 29.1 Å². The van der Waals surface area contributed by atoms with Crippen LogP contribution in [-0.2, 0) is 16.1 Å². The molecule has 1 atom stereocenters. The van der Waals surface area contributed by atoms with Crippen molar-refractivity contribution in [3.8, 4) is 0 Å². The van der Waals surface area contributed by atoms with E-state index in [-0.39, 0.29) is 24.2 Å². The molecule has 6 rings (SSSR count). The lowest BCUT2D eigenvalue weighted by molar-refractivity contribution is -0.120. The predicted octanol–water partition coefficient (Wildman–Crippen LogP) is 6.61. The standard InChI is InChI=1S/C24H26BrF4N3O2/c1-21(26,27)20-30-19(31-34-20)23-8-5-22(6-9-23,7-10-23)14-32(17-4-2-3-16(25)12-17)18(33)11-15-13-24(15,28)29/h2-4,12,15H,5-11,13-14H2,1H3. The van der Waals surface area contributed by atoms with Crippen LogP contribution < -0.4 is 4.90 Å². The Morgan fingerprint density at radius 2 is 1.85 bits per heavy atom. The van der Waals surface area contributed by atoms with Crippen LogP contribution in [0, 0.1) is 11.3 Å². The van der Waals surface area contributed by atoms with Gasteiger partial charge in [0.2, 0.25) is 5.91 Å². The van der Waals surface area contributed by atoms with Crippen LogP contribution in [0.2, 0.25) is 0 Å². The zero-order chi connectivity index (χ0) is 24.4. The third kappa shape index (κ3) is 4.38. The summed E-state index contributed by atoms with van der Waals surface area (Å²) in [7, 11) is 0. The number of alkyl halides is 4. The number of carbonyl (C=O) groups excluding carboxylic acids is 1. The first-order valence-corrected chi connectivity index (χ1v) is 12.4. The molecule has 1 heterocycles. The van der Waals surface area contributed by atoms with Gasteiger partial charge in [-0.3, -0.25) is 4.79 Å². The summed E-state index contributed by atoms with van der Waals surface area (Å²) in [5.41, 5.74) is 0.135. The molecule has 1 aromatic heterocycles. The van der Waals surface area contributed by atoms with Gasteiger partial charge in [0.05, 0.1) is 0 Å². The van der Waals surface area contributed by atoms with Gasteiger partial charge in [-0.05, 0) is 62.1 Å². The minimum atomic E-state index is -3.18. The molecule has 0 aliphatic heterocycles. The van der Waals surface area contributed by atoms with Crippen molar-refractivity contribution < 1.29 is 26.9 Å². The van der Waals surface area contributed by atoms with Gasteiger partial charge in [-0.15, -0.1) is 0 Å². The maximum atomic E-state index is 13.6. The smallest absolute Gasteiger partial charge is 0.322 e. The zero-order valence-electron chi connectivity index (χ0n) is 18.8. The molecule has 0 N–H and O–H groups in total. The maximum Gasteiger partial charge on any atom is 0.322 e. The number of aromatic nitrogens is 2. The van der Waals surface area contributed by atoms with E-state index in [1.54, 1.807) is 4.90 Å². The maximum absolute atomic E-state index is 13.6. The Hall–Kier alpha value is -1.97. The third-order valence-corrected chi connectivity index (χ3v) is 8.46. The topological polar surface area (TPSA) is 59.2 Å². The second-order valence-corrected chi connectivity index (χ2v) is 11.3. The first kappa shape index (κ1) is 23.8. The number of hydrogen-bond donors (Lipinski definition) is 0. The number of anilines is 1. The lowest BCUT2D eigenvalue weighted by Crippen LogP contribution is -2.51. The number of amides is 1. The molecule has 34 heavy (non-hydrogen) atoms. The van der Waals surface area contributed by atoms with Crippen LogP contribution in [-0.4, -0.2) is 28.5 Å². The van der Waals surface area contributed by atoms with E-state index in [1.165, 1.54) is 0 Å². The highest BCUT2D eigenvalue weighted by molar-refractivity contribution is 9.10. The Kier molecular flexibility index (Phi) is 5.61. The van der Waals surface area contributed by atoms with E-state index in [2.05, 4.69) is 26.1 Å². The highest BCUT2D eigenvalue weighted by Gasteiger charge is 2.58. The quantitative estimate of drug-likeness (QED) is 0.368. The van der Waals surface area contributed by atoms with E-state index in [1.807, 2.05) is 24.3 Å². The van der Waals surface area contributed by atoms with Crippen LogP contribution in [0.1, 0.15) is 70.0 Å². The van der Waals surface area contributed by atoms with Gasteiger partial charge in [0.15, 0.2) is 5.82 Å². The van der Waals surface area contributed by atoms with Crippen molar-refractivity contribution in [3.63, 3.8) is 0 Å².